The van der Waals surface area contributed by atoms with Gasteiger partial charge in [-0.2, -0.15) is 0 Å². The van der Waals surface area contributed by atoms with Crippen molar-refractivity contribution in [2.24, 2.45) is 34.5 Å². The van der Waals surface area contributed by atoms with E-state index >= 15 is 0 Å². The molecule has 2 heterocycles. The topological polar surface area (TPSA) is 35.5 Å². The van der Waals surface area contributed by atoms with E-state index in [0.717, 1.165) is 54.6 Å². The van der Waals surface area contributed by atoms with Crippen LogP contribution in [0.4, 0.5) is 0 Å². The van der Waals surface area contributed by atoms with Gasteiger partial charge in [-0.25, -0.2) is 0 Å². The number of rotatable bonds is 3. The summed E-state index contributed by atoms with van der Waals surface area (Å²) in [5, 5.41) is 0. The van der Waals surface area contributed by atoms with Crippen molar-refractivity contribution in [2.75, 3.05) is 53.5 Å². The van der Waals surface area contributed by atoms with E-state index in [9.17, 15) is 4.79 Å². The van der Waals surface area contributed by atoms with Crippen LogP contribution in [0, 0.1) is 34.5 Å². The molecule has 0 unspecified atom stereocenters. The van der Waals surface area contributed by atoms with Crippen molar-refractivity contribution in [2.45, 2.75) is 103 Å². The normalized spacial score (nSPS) is 46.9. The molecule has 0 N–H and O–H groups in total. The predicted molar refractivity (Wildman–Crippen MR) is 142 cm³/mol. The molecule has 38 heavy (non-hydrogen) atoms. The van der Waals surface area contributed by atoms with Crippen LogP contribution in [0.15, 0.2) is 0 Å². The Kier molecular flexibility index (Phi) is 9.59. The lowest BCUT2D eigenvalue weighted by atomic mass is 9.45. The van der Waals surface area contributed by atoms with Gasteiger partial charge in [0, 0.05) is 38.0 Å². The summed E-state index contributed by atoms with van der Waals surface area (Å²) in [5.74, 6) is 3.21. The molecule has 0 aromatic carbocycles. The molecule has 0 amide bonds. The SMILES string of the molecule is CC(=O)O[C@H]1[C@@H]([N+]2(C)CCOCC2)C[C@H]2[C@@H]3CC[C@H]4C[C@H]([N+]5(C)CCCC5)CC[C@]4(C)[C@H]3CC[C@@]21C.[I-].[I-]. The number of carbonyl (C=O) groups excluding carboxylic acids is 1. The van der Waals surface area contributed by atoms with E-state index in [1.54, 1.807) is 6.92 Å². The van der Waals surface area contributed by atoms with E-state index in [4.69, 9.17) is 9.47 Å². The van der Waals surface area contributed by atoms with Crippen LogP contribution in [0.2, 0.25) is 0 Å². The van der Waals surface area contributed by atoms with E-state index in [-0.39, 0.29) is 65.4 Å². The maximum absolute atomic E-state index is 12.4. The second-order valence-electron chi connectivity index (χ2n) is 15.1. The van der Waals surface area contributed by atoms with Crippen molar-refractivity contribution >= 4 is 5.97 Å². The fraction of sp³-hybridized carbons (Fsp3) is 0.968. The smallest absolute Gasteiger partial charge is 0.303 e. The molecular formula is C31H54I2N2O3. The van der Waals surface area contributed by atoms with E-state index < -0.39 is 0 Å². The highest BCUT2D eigenvalue weighted by atomic mass is 127. The summed E-state index contributed by atoms with van der Waals surface area (Å²) in [5.41, 5.74) is 0.651. The van der Waals surface area contributed by atoms with Crippen LogP contribution >= 0.6 is 0 Å². The lowest BCUT2D eigenvalue weighted by Gasteiger charge is -2.61. The number of ether oxygens (including phenoxy) is 2. The van der Waals surface area contributed by atoms with E-state index in [1.807, 2.05) is 0 Å². The Morgan fingerprint density at radius 1 is 0.816 bits per heavy atom. The van der Waals surface area contributed by atoms with Crippen molar-refractivity contribution in [3.8, 4) is 0 Å². The predicted octanol–water partition coefficient (Wildman–Crippen LogP) is -0.967. The second kappa shape index (κ2) is 11.5. The molecule has 6 rings (SSSR count). The summed E-state index contributed by atoms with van der Waals surface area (Å²) in [6.45, 7) is 13.5. The minimum Gasteiger partial charge on any atom is -1.00 e. The van der Waals surface area contributed by atoms with Crippen LogP contribution in [-0.2, 0) is 14.3 Å². The number of likely N-dealkylation sites (N-methyl/N-ethyl adjacent to an activating group) is 1. The molecule has 6 fully saturated rings. The van der Waals surface area contributed by atoms with Gasteiger partial charge in [0.15, 0.2) is 6.10 Å². The highest BCUT2D eigenvalue weighted by Gasteiger charge is 2.67. The monoisotopic (exact) mass is 756 g/mol. The first-order chi connectivity index (χ1) is 17.1. The maximum atomic E-state index is 12.4. The quantitative estimate of drug-likeness (QED) is 0.212. The van der Waals surface area contributed by atoms with Crippen LogP contribution in [0.3, 0.4) is 0 Å². The minimum atomic E-state index is -0.0821. The average molecular weight is 757 g/mol. The second-order valence-corrected chi connectivity index (χ2v) is 15.1. The first kappa shape index (κ1) is 31.7. The zero-order chi connectivity index (χ0) is 25.3. The Labute approximate surface area is 266 Å². The van der Waals surface area contributed by atoms with Crippen LogP contribution in [0.25, 0.3) is 0 Å². The summed E-state index contributed by atoms with van der Waals surface area (Å²) in [6.07, 6.45) is 14.0. The Bertz CT molecular complexity index is 860. The van der Waals surface area contributed by atoms with Gasteiger partial charge >= 0.3 is 5.97 Å². The van der Waals surface area contributed by atoms with Gasteiger partial charge in [0.05, 0.1) is 46.4 Å². The van der Waals surface area contributed by atoms with Crippen molar-refractivity contribution < 1.29 is 71.2 Å². The van der Waals surface area contributed by atoms with Crippen LogP contribution < -0.4 is 48.0 Å². The van der Waals surface area contributed by atoms with Crippen molar-refractivity contribution in [3.05, 3.63) is 0 Å². The van der Waals surface area contributed by atoms with Crippen molar-refractivity contribution in [1.82, 2.24) is 0 Å². The summed E-state index contributed by atoms with van der Waals surface area (Å²) < 4.78 is 14.5. The first-order valence-corrected chi connectivity index (χ1v) is 15.5. The third kappa shape index (κ3) is 5.04. The molecule has 5 nitrogen and oxygen atoms in total. The molecule has 0 aromatic rings. The van der Waals surface area contributed by atoms with Crippen molar-refractivity contribution in [3.63, 3.8) is 0 Å². The molecule has 0 bridgehead atoms. The van der Waals surface area contributed by atoms with Crippen LogP contribution in [-0.4, -0.2) is 86.6 Å². The fourth-order valence-corrected chi connectivity index (χ4v) is 11.3. The van der Waals surface area contributed by atoms with Crippen LogP contribution in [0.5, 0.6) is 0 Å². The number of quaternary nitrogens is 2. The van der Waals surface area contributed by atoms with Gasteiger partial charge in [-0.15, -0.1) is 0 Å². The number of fused-ring (bicyclic) bond motifs is 5. The molecule has 220 valence electrons. The van der Waals surface area contributed by atoms with Gasteiger partial charge in [0.25, 0.3) is 0 Å². The number of hydrogen-bond acceptors (Lipinski definition) is 3. The largest absolute Gasteiger partial charge is 1.00 e. The minimum absolute atomic E-state index is 0. The molecule has 0 radical (unpaired) electrons. The Balaban J connectivity index is 0.00000168. The number of carbonyl (C=O) groups is 1. The number of halogens is 2. The number of nitrogens with zero attached hydrogens (tertiary/aromatic N) is 2. The maximum Gasteiger partial charge on any atom is 0.303 e. The van der Waals surface area contributed by atoms with E-state index in [2.05, 4.69) is 27.9 Å². The Hall–Kier alpha value is 0.810. The Morgan fingerprint density at radius 3 is 2.13 bits per heavy atom. The summed E-state index contributed by atoms with van der Waals surface area (Å²) in [6, 6.07) is 1.33. The van der Waals surface area contributed by atoms with E-state index in [1.165, 1.54) is 81.8 Å². The molecular weight excluding hydrogens is 702 g/mol. The zero-order valence-electron chi connectivity index (χ0n) is 24.7. The molecule has 6 aliphatic rings. The van der Waals surface area contributed by atoms with Gasteiger partial charge in [0.1, 0.15) is 19.1 Å². The summed E-state index contributed by atoms with van der Waals surface area (Å²) >= 11 is 0. The number of hydrogen-bond donors (Lipinski definition) is 0. The van der Waals surface area contributed by atoms with Gasteiger partial charge in [0.2, 0.25) is 0 Å². The zero-order valence-corrected chi connectivity index (χ0v) is 29.0. The average Bonchev–Trinajstić information content (AvgIpc) is 3.41. The molecule has 4 aliphatic carbocycles. The number of likely N-dealkylation sites (tertiary alicyclic amines) is 1. The summed E-state index contributed by atoms with van der Waals surface area (Å²) in [4.78, 5) is 12.4. The van der Waals surface area contributed by atoms with Gasteiger partial charge < -0.3 is 66.4 Å². The van der Waals surface area contributed by atoms with Crippen molar-refractivity contribution in [1.29, 1.82) is 0 Å². The number of morpholine rings is 1. The highest BCUT2D eigenvalue weighted by Crippen LogP contribution is 2.67. The molecule has 0 aromatic heterocycles. The van der Waals surface area contributed by atoms with Gasteiger partial charge in [-0.1, -0.05) is 13.8 Å². The molecule has 2 saturated heterocycles. The molecule has 0 spiro atoms. The van der Waals surface area contributed by atoms with Gasteiger partial charge in [-0.05, 0) is 67.6 Å². The van der Waals surface area contributed by atoms with Crippen LogP contribution in [0.1, 0.15) is 85.0 Å². The number of esters is 1. The lowest BCUT2D eigenvalue weighted by Crippen LogP contribution is -3.00. The first-order valence-electron chi connectivity index (χ1n) is 15.5. The fourth-order valence-electron chi connectivity index (χ4n) is 11.3. The Morgan fingerprint density at radius 2 is 1.47 bits per heavy atom. The standard InChI is InChI=1S/C31H54N2O3.2HI/c1-22(34)36-29-28(33(5)16-18-35-19-17-33)21-27-25-9-8-23-20-24(32(4)14-6-7-15-32)10-12-30(23,2)26(25)11-13-31(27,29)3;;/h23-29H,6-21H2,1-5H3;2*1H/q+2;;/p-2/t23-,24+,25+,26-,27-,28-,29-,30-,31-;;/m0../s1. The third-order valence-electron chi connectivity index (χ3n) is 13.6. The molecule has 7 heteroatoms. The molecule has 4 saturated carbocycles. The molecule has 9 atom stereocenters. The lowest BCUT2D eigenvalue weighted by molar-refractivity contribution is -0.942. The molecule has 2 aliphatic heterocycles. The van der Waals surface area contributed by atoms with E-state index in [0.29, 0.717) is 17.4 Å². The third-order valence-corrected chi connectivity index (χ3v) is 13.6. The van der Waals surface area contributed by atoms with Gasteiger partial charge in [-0.3, -0.25) is 4.79 Å². The summed E-state index contributed by atoms with van der Waals surface area (Å²) in [7, 11) is 4.99. The highest BCUT2D eigenvalue weighted by molar-refractivity contribution is 5.66.